The number of hydrogen-bond acceptors (Lipinski definition) is 1. The Morgan fingerprint density at radius 2 is 0.433 bits per heavy atom. The second-order valence-electron chi connectivity index (χ2n) is 18.4. The van der Waals surface area contributed by atoms with Gasteiger partial charge in [-0.1, -0.05) is 200 Å². The van der Waals surface area contributed by atoms with E-state index < -0.39 is 0 Å². The Hall–Kier alpha value is -8.78. The van der Waals surface area contributed by atoms with Crippen LogP contribution in [0.4, 0.5) is 17.1 Å². The summed E-state index contributed by atoms with van der Waals surface area (Å²) < 4.78 is 0. The van der Waals surface area contributed by atoms with Gasteiger partial charge >= 0.3 is 0 Å². The molecule has 0 amide bonds. The van der Waals surface area contributed by atoms with Crippen molar-refractivity contribution < 1.29 is 0 Å². The van der Waals surface area contributed by atoms with E-state index in [0.29, 0.717) is 0 Å². The molecule has 0 saturated carbocycles. The maximum atomic E-state index is 2.46. The minimum atomic E-state index is 1.10. The Bertz CT molecular complexity index is 3960. The first kappa shape index (κ1) is 36.5. The van der Waals surface area contributed by atoms with Gasteiger partial charge in [-0.15, -0.1) is 0 Å². The van der Waals surface area contributed by atoms with Crippen LogP contribution in [0.5, 0.6) is 0 Å². The number of rotatable bonds is 6. The van der Waals surface area contributed by atoms with E-state index in [0.717, 1.165) is 17.1 Å². The van der Waals surface area contributed by atoms with E-state index in [1.807, 2.05) is 0 Å². The molecule has 15 rings (SSSR count). The van der Waals surface area contributed by atoms with E-state index in [2.05, 4.69) is 241 Å². The summed E-state index contributed by atoms with van der Waals surface area (Å²) in [5, 5.41) is 23.3. The average Bonchev–Trinajstić information content (AvgIpc) is 3.39. The van der Waals surface area contributed by atoms with Gasteiger partial charge in [0.25, 0.3) is 0 Å². The van der Waals surface area contributed by atoms with Gasteiger partial charge in [0, 0.05) is 17.1 Å². The molecule has 15 aromatic rings. The second-order valence-corrected chi connectivity index (χ2v) is 18.4. The van der Waals surface area contributed by atoms with Crippen LogP contribution in [0, 0.1) is 0 Å². The quantitative estimate of drug-likeness (QED) is 0.151. The lowest BCUT2D eigenvalue weighted by atomic mass is 9.89. The zero-order chi connectivity index (χ0) is 43.7. The molecular formula is C66H39N. The fourth-order valence-corrected chi connectivity index (χ4v) is 11.8. The number of anilines is 3. The van der Waals surface area contributed by atoms with E-state index in [4.69, 9.17) is 0 Å². The van der Waals surface area contributed by atoms with Gasteiger partial charge in [-0.25, -0.2) is 0 Å². The van der Waals surface area contributed by atoms with Crippen molar-refractivity contribution in [2.75, 3.05) is 4.90 Å². The Morgan fingerprint density at radius 3 is 0.731 bits per heavy atom. The van der Waals surface area contributed by atoms with E-state index >= 15 is 0 Å². The third-order valence-corrected chi connectivity index (χ3v) is 14.8. The highest BCUT2D eigenvalue weighted by Crippen LogP contribution is 2.46. The maximum absolute atomic E-state index is 2.46. The Balaban J connectivity index is 0.937. The molecule has 0 spiro atoms. The molecule has 0 aliphatic carbocycles. The summed E-state index contributed by atoms with van der Waals surface area (Å²) in [7, 11) is 0. The summed E-state index contributed by atoms with van der Waals surface area (Å²) in [4.78, 5) is 2.46. The molecule has 0 aliphatic rings. The molecule has 15 aromatic carbocycles. The van der Waals surface area contributed by atoms with Crippen molar-refractivity contribution in [1.82, 2.24) is 0 Å². The number of nitrogens with zero attached hydrogens (tertiary/aromatic N) is 1. The molecule has 0 unspecified atom stereocenters. The fourth-order valence-electron chi connectivity index (χ4n) is 11.8. The van der Waals surface area contributed by atoms with Crippen LogP contribution in [0.3, 0.4) is 0 Å². The highest BCUT2D eigenvalue weighted by molar-refractivity contribution is 6.28. The normalized spacial score (nSPS) is 12.2. The van der Waals surface area contributed by atoms with Crippen LogP contribution >= 0.6 is 0 Å². The predicted octanol–water partition coefficient (Wildman–Crippen LogP) is 18.8. The summed E-state index contributed by atoms with van der Waals surface area (Å²) >= 11 is 0. The molecule has 0 radical (unpaired) electrons. The lowest BCUT2D eigenvalue weighted by molar-refractivity contribution is 1.28. The van der Waals surface area contributed by atoms with Crippen molar-refractivity contribution in [3.8, 4) is 33.4 Å². The first-order valence-electron chi connectivity index (χ1n) is 23.3. The molecule has 0 heterocycles. The third-order valence-electron chi connectivity index (χ3n) is 14.8. The summed E-state index contributed by atoms with van der Waals surface area (Å²) in [5.74, 6) is 0. The van der Waals surface area contributed by atoms with Crippen molar-refractivity contribution in [2.45, 2.75) is 0 Å². The summed E-state index contributed by atoms with van der Waals surface area (Å²) in [5.41, 5.74) is 10.6. The smallest absolute Gasteiger partial charge is 0.0467 e. The molecule has 0 aliphatic heterocycles. The molecule has 67 heavy (non-hydrogen) atoms. The van der Waals surface area contributed by atoms with Crippen molar-refractivity contribution in [1.29, 1.82) is 0 Å². The van der Waals surface area contributed by atoms with Gasteiger partial charge in [-0.05, 0) is 167 Å². The topological polar surface area (TPSA) is 3.24 Å². The second kappa shape index (κ2) is 13.9. The van der Waals surface area contributed by atoms with Crippen LogP contribution in [0.25, 0.3) is 130 Å². The summed E-state index contributed by atoms with van der Waals surface area (Å²) in [6.45, 7) is 0. The van der Waals surface area contributed by atoms with Crippen molar-refractivity contribution in [3.63, 3.8) is 0 Å². The first-order valence-corrected chi connectivity index (χ1v) is 23.3. The molecule has 0 N–H and O–H groups in total. The van der Waals surface area contributed by atoms with Crippen molar-refractivity contribution >= 4 is 114 Å². The molecule has 0 fully saturated rings. The molecule has 308 valence electrons. The zero-order valence-electron chi connectivity index (χ0n) is 36.5. The molecule has 0 bridgehead atoms. The van der Waals surface area contributed by atoms with E-state index in [-0.39, 0.29) is 0 Å². The third kappa shape index (κ3) is 5.37. The van der Waals surface area contributed by atoms with Gasteiger partial charge in [0.1, 0.15) is 0 Å². The molecular weight excluding hydrogens is 807 g/mol. The maximum Gasteiger partial charge on any atom is 0.0467 e. The van der Waals surface area contributed by atoms with Gasteiger partial charge in [-0.3, -0.25) is 0 Å². The Labute approximate surface area is 387 Å². The Kier molecular flexibility index (Phi) is 7.56. The van der Waals surface area contributed by atoms with Gasteiger partial charge in [0.15, 0.2) is 0 Å². The van der Waals surface area contributed by atoms with Crippen LogP contribution in [-0.2, 0) is 0 Å². The van der Waals surface area contributed by atoms with Crippen LogP contribution in [0.2, 0.25) is 0 Å². The zero-order valence-corrected chi connectivity index (χ0v) is 36.5. The van der Waals surface area contributed by atoms with Gasteiger partial charge in [0.05, 0.1) is 0 Å². The van der Waals surface area contributed by atoms with Crippen LogP contribution in [0.15, 0.2) is 237 Å². The van der Waals surface area contributed by atoms with Crippen LogP contribution in [-0.4, -0.2) is 0 Å². The Morgan fingerprint density at radius 1 is 0.194 bits per heavy atom. The van der Waals surface area contributed by atoms with Gasteiger partial charge in [0.2, 0.25) is 0 Å². The molecule has 0 saturated heterocycles. The van der Waals surface area contributed by atoms with E-state index in [1.165, 1.54) is 130 Å². The van der Waals surface area contributed by atoms with Gasteiger partial charge < -0.3 is 4.90 Å². The number of benzene rings is 15. The molecule has 1 nitrogen and oxygen atoms in total. The SMILES string of the molecule is c1cc(-c2ccc3ccc4cccc5ccc2c3c45)cc(N(c2cccc(-c3ccc4ccc5cccc6ccc3c4c56)c2)c2cccc(-c3ccc4ccc5cccc6ccc3c4c56)c2)c1. The lowest BCUT2D eigenvalue weighted by Gasteiger charge is -2.27. The monoisotopic (exact) mass is 845 g/mol. The minimum absolute atomic E-state index is 1.10. The highest BCUT2D eigenvalue weighted by Gasteiger charge is 2.20. The largest absolute Gasteiger partial charge is 0.310 e. The fraction of sp³-hybridized carbons (Fsp3) is 0. The van der Waals surface area contributed by atoms with E-state index in [1.54, 1.807) is 0 Å². The standard InChI is InChI=1S/C66H39N/c1-7-40-19-22-46-25-31-55(58-34-28-43(10-1)61(40)64(46)58)49-13-4-16-52(37-49)67(53-17-5-14-50(38-53)56-32-26-47-23-20-41-8-2-11-44-29-35-59(56)65(47)62(41)44)54-18-6-15-51(39-54)57-33-27-48-24-21-42-9-3-12-45-30-36-60(57)66(48)63(42)45/h1-39H. The molecule has 0 atom stereocenters. The van der Waals surface area contributed by atoms with E-state index in [9.17, 15) is 0 Å². The first-order chi connectivity index (χ1) is 33.2. The van der Waals surface area contributed by atoms with Crippen molar-refractivity contribution in [3.05, 3.63) is 237 Å². The van der Waals surface area contributed by atoms with Gasteiger partial charge in [-0.2, -0.15) is 0 Å². The van der Waals surface area contributed by atoms with Crippen LogP contribution in [0.1, 0.15) is 0 Å². The minimum Gasteiger partial charge on any atom is -0.310 e. The lowest BCUT2D eigenvalue weighted by Crippen LogP contribution is -2.10. The summed E-state index contributed by atoms with van der Waals surface area (Å²) in [6.07, 6.45) is 0. The molecule has 0 aromatic heterocycles. The average molecular weight is 846 g/mol. The van der Waals surface area contributed by atoms with Crippen molar-refractivity contribution in [2.24, 2.45) is 0 Å². The predicted molar refractivity (Wildman–Crippen MR) is 289 cm³/mol. The number of hydrogen-bond donors (Lipinski definition) is 0. The molecule has 1 heteroatoms. The van der Waals surface area contributed by atoms with Crippen LogP contribution < -0.4 is 4.90 Å². The summed E-state index contributed by atoms with van der Waals surface area (Å²) in [6, 6.07) is 88.7. The highest BCUT2D eigenvalue weighted by atomic mass is 15.1.